The van der Waals surface area contributed by atoms with E-state index in [9.17, 15) is 8.78 Å². The van der Waals surface area contributed by atoms with Crippen LogP contribution in [0.25, 0.3) is 0 Å². The standard InChI is InChI=1S/C17H20F2N2O/c1-2-4-13-10-16(20-22-13)17-5-3-8-21(17)11-12-6-7-14(18)15(19)9-12/h6-7,9-10,17H,2-5,8,11H2,1H3/t17-/m0/s1. The Morgan fingerprint density at radius 1 is 1.27 bits per heavy atom. The maximum Gasteiger partial charge on any atom is 0.159 e. The third kappa shape index (κ3) is 3.19. The minimum absolute atomic E-state index is 0.197. The fraction of sp³-hybridized carbons (Fsp3) is 0.471. The summed E-state index contributed by atoms with van der Waals surface area (Å²) in [7, 11) is 0. The molecule has 5 heteroatoms. The molecule has 1 aliphatic rings. The monoisotopic (exact) mass is 306 g/mol. The van der Waals surface area contributed by atoms with Crippen LogP contribution in [0.4, 0.5) is 8.78 Å². The lowest BCUT2D eigenvalue weighted by Gasteiger charge is -2.22. The van der Waals surface area contributed by atoms with E-state index in [-0.39, 0.29) is 6.04 Å². The Bertz CT molecular complexity index is 641. The van der Waals surface area contributed by atoms with E-state index in [1.807, 2.05) is 6.07 Å². The van der Waals surface area contributed by atoms with Gasteiger partial charge in [0.15, 0.2) is 11.6 Å². The molecule has 0 spiro atoms. The smallest absolute Gasteiger partial charge is 0.159 e. The molecule has 0 bridgehead atoms. The highest BCUT2D eigenvalue weighted by Crippen LogP contribution is 2.33. The van der Waals surface area contributed by atoms with Gasteiger partial charge in [0, 0.05) is 19.0 Å². The summed E-state index contributed by atoms with van der Waals surface area (Å²) in [5.41, 5.74) is 1.73. The Kier molecular flexibility index (Phi) is 4.52. The van der Waals surface area contributed by atoms with Gasteiger partial charge in [0.25, 0.3) is 0 Å². The molecule has 1 aromatic carbocycles. The average Bonchev–Trinajstić information content (AvgIpc) is 3.12. The van der Waals surface area contributed by atoms with Gasteiger partial charge in [-0.3, -0.25) is 4.90 Å². The summed E-state index contributed by atoms with van der Waals surface area (Å²) in [6.45, 7) is 3.63. The van der Waals surface area contributed by atoms with Crippen molar-refractivity contribution in [3.63, 3.8) is 0 Å². The molecule has 118 valence electrons. The van der Waals surface area contributed by atoms with Crippen molar-refractivity contribution in [1.29, 1.82) is 0 Å². The number of likely N-dealkylation sites (tertiary alicyclic amines) is 1. The van der Waals surface area contributed by atoms with Gasteiger partial charge >= 0.3 is 0 Å². The molecule has 0 radical (unpaired) electrons. The predicted octanol–water partition coefficient (Wildman–Crippen LogP) is 4.24. The number of benzene rings is 1. The van der Waals surface area contributed by atoms with E-state index in [0.717, 1.165) is 49.2 Å². The van der Waals surface area contributed by atoms with Crippen LogP contribution in [0.1, 0.15) is 49.2 Å². The van der Waals surface area contributed by atoms with Gasteiger partial charge < -0.3 is 4.52 Å². The minimum Gasteiger partial charge on any atom is -0.361 e. The largest absolute Gasteiger partial charge is 0.361 e. The van der Waals surface area contributed by atoms with Gasteiger partial charge in [-0.25, -0.2) is 8.78 Å². The van der Waals surface area contributed by atoms with Crippen molar-refractivity contribution in [1.82, 2.24) is 10.1 Å². The first-order chi connectivity index (χ1) is 10.7. The molecule has 0 amide bonds. The van der Waals surface area contributed by atoms with E-state index in [0.29, 0.717) is 6.54 Å². The van der Waals surface area contributed by atoms with Gasteiger partial charge in [-0.15, -0.1) is 0 Å². The number of nitrogens with zero attached hydrogens (tertiary/aromatic N) is 2. The SMILES string of the molecule is CCCc1cc([C@@H]2CCCN2Cc2ccc(F)c(F)c2)no1. The zero-order valence-corrected chi connectivity index (χ0v) is 12.7. The molecule has 3 rings (SSSR count). The summed E-state index contributed by atoms with van der Waals surface area (Å²) in [6.07, 6.45) is 4.01. The first-order valence-electron chi connectivity index (χ1n) is 7.81. The molecule has 1 aliphatic heterocycles. The normalized spacial score (nSPS) is 19.0. The first kappa shape index (κ1) is 15.2. The molecule has 1 aromatic heterocycles. The Morgan fingerprint density at radius 2 is 2.14 bits per heavy atom. The van der Waals surface area contributed by atoms with E-state index in [1.165, 1.54) is 12.1 Å². The highest BCUT2D eigenvalue weighted by Gasteiger charge is 2.28. The zero-order valence-electron chi connectivity index (χ0n) is 12.7. The molecule has 2 heterocycles. The second kappa shape index (κ2) is 6.57. The molecular weight excluding hydrogens is 286 g/mol. The predicted molar refractivity (Wildman–Crippen MR) is 79.2 cm³/mol. The number of halogens is 2. The summed E-state index contributed by atoms with van der Waals surface area (Å²) < 4.78 is 31.7. The lowest BCUT2D eigenvalue weighted by atomic mass is 10.1. The van der Waals surface area contributed by atoms with Crippen molar-refractivity contribution in [2.24, 2.45) is 0 Å². The van der Waals surface area contributed by atoms with Crippen LogP contribution >= 0.6 is 0 Å². The molecule has 3 nitrogen and oxygen atoms in total. The molecule has 1 atom stereocenters. The number of hydrogen-bond donors (Lipinski definition) is 0. The summed E-state index contributed by atoms with van der Waals surface area (Å²) in [6, 6.07) is 6.32. The zero-order chi connectivity index (χ0) is 15.5. The molecule has 1 saturated heterocycles. The van der Waals surface area contributed by atoms with Crippen molar-refractivity contribution in [3.8, 4) is 0 Å². The average molecular weight is 306 g/mol. The molecule has 0 unspecified atom stereocenters. The Labute approximate surface area is 128 Å². The lowest BCUT2D eigenvalue weighted by molar-refractivity contribution is 0.236. The van der Waals surface area contributed by atoms with Crippen LogP contribution in [-0.2, 0) is 13.0 Å². The number of aromatic nitrogens is 1. The van der Waals surface area contributed by atoms with Gasteiger partial charge in [0.2, 0.25) is 0 Å². The summed E-state index contributed by atoms with van der Waals surface area (Å²) >= 11 is 0. The second-order valence-electron chi connectivity index (χ2n) is 5.85. The van der Waals surface area contributed by atoms with Crippen molar-refractivity contribution >= 4 is 0 Å². The summed E-state index contributed by atoms with van der Waals surface area (Å²) in [4.78, 5) is 2.25. The molecular formula is C17H20F2N2O. The Morgan fingerprint density at radius 3 is 2.91 bits per heavy atom. The van der Waals surface area contributed by atoms with Gasteiger partial charge in [-0.2, -0.15) is 0 Å². The van der Waals surface area contributed by atoms with Crippen molar-refractivity contribution in [2.45, 2.75) is 45.2 Å². The number of rotatable bonds is 5. The maximum absolute atomic E-state index is 13.3. The van der Waals surface area contributed by atoms with Crippen LogP contribution in [0, 0.1) is 11.6 Å². The third-order valence-corrected chi connectivity index (χ3v) is 4.15. The Balaban J connectivity index is 1.73. The number of hydrogen-bond acceptors (Lipinski definition) is 3. The van der Waals surface area contributed by atoms with Crippen LogP contribution in [-0.4, -0.2) is 16.6 Å². The maximum atomic E-state index is 13.3. The molecule has 2 aromatic rings. The van der Waals surface area contributed by atoms with E-state index >= 15 is 0 Å². The quantitative estimate of drug-likeness (QED) is 0.827. The molecule has 0 N–H and O–H groups in total. The molecule has 0 saturated carbocycles. The lowest BCUT2D eigenvalue weighted by Crippen LogP contribution is -2.23. The van der Waals surface area contributed by atoms with Crippen molar-refractivity contribution < 1.29 is 13.3 Å². The van der Waals surface area contributed by atoms with Crippen molar-refractivity contribution in [2.75, 3.05) is 6.54 Å². The molecule has 0 aliphatic carbocycles. The van der Waals surface area contributed by atoms with E-state index in [4.69, 9.17) is 4.52 Å². The van der Waals surface area contributed by atoms with Crippen LogP contribution in [0.5, 0.6) is 0 Å². The molecule has 1 fully saturated rings. The summed E-state index contributed by atoms with van der Waals surface area (Å²) in [5, 5.41) is 4.19. The highest BCUT2D eigenvalue weighted by molar-refractivity contribution is 5.19. The van der Waals surface area contributed by atoms with Gasteiger partial charge in [-0.1, -0.05) is 18.1 Å². The van der Waals surface area contributed by atoms with Crippen LogP contribution < -0.4 is 0 Å². The van der Waals surface area contributed by atoms with Crippen LogP contribution in [0.3, 0.4) is 0 Å². The van der Waals surface area contributed by atoms with E-state index in [1.54, 1.807) is 6.07 Å². The van der Waals surface area contributed by atoms with Crippen LogP contribution in [0.2, 0.25) is 0 Å². The number of aryl methyl sites for hydroxylation is 1. The van der Waals surface area contributed by atoms with Crippen LogP contribution in [0.15, 0.2) is 28.8 Å². The van der Waals surface area contributed by atoms with Gasteiger partial charge in [-0.05, 0) is 43.5 Å². The Hall–Kier alpha value is -1.75. The van der Waals surface area contributed by atoms with Gasteiger partial charge in [0.1, 0.15) is 11.5 Å². The highest BCUT2D eigenvalue weighted by atomic mass is 19.2. The third-order valence-electron chi connectivity index (χ3n) is 4.15. The first-order valence-corrected chi connectivity index (χ1v) is 7.81. The fourth-order valence-corrected chi connectivity index (χ4v) is 3.07. The van der Waals surface area contributed by atoms with Gasteiger partial charge in [0.05, 0.1) is 6.04 Å². The molecule has 22 heavy (non-hydrogen) atoms. The minimum atomic E-state index is -0.803. The fourth-order valence-electron chi connectivity index (χ4n) is 3.07. The summed E-state index contributed by atoms with van der Waals surface area (Å²) in [5.74, 6) is -0.681. The van der Waals surface area contributed by atoms with Crippen molar-refractivity contribution in [3.05, 3.63) is 52.9 Å². The van der Waals surface area contributed by atoms with E-state index in [2.05, 4.69) is 17.0 Å². The topological polar surface area (TPSA) is 29.3 Å². The van der Waals surface area contributed by atoms with E-state index < -0.39 is 11.6 Å². The second-order valence-corrected chi connectivity index (χ2v) is 5.85.